The van der Waals surface area contributed by atoms with E-state index in [1.54, 1.807) is 0 Å². The number of piperazine rings is 1. The third kappa shape index (κ3) is 7.73. The van der Waals surface area contributed by atoms with Crippen molar-refractivity contribution in [3.63, 3.8) is 0 Å². The molecule has 0 atom stereocenters. The summed E-state index contributed by atoms with van der Waals surface area (Å²) in [6.07, 6.45) is 2.21. The van der Waals surface area contributed by atoms with E-state index < -0.39 is 0 Å². The lowest BCUT2D eigenvalue weighted by Crippen LogP contribution is -2.48. The Bertz CT molecular complexity index is 1170. The van der Waals surface area contributed by atoms with Crippen molar-refractivity contribution < 1.29 is 9.90 Å². The van der Waals surface area contributed by atoms with E-state index in [9.17, 15) is 9.90 Å². The highest BCUT2D eigenvalue weighted by atomic mass is 35.5. The molecule has 1 amide bonds. The Kier molecular flexibility index (Phi) is 10.0. The molecule has 202 valence electrons. The molecule has 1 aliphatic heterocycles. The number of amides is 1. The van der Waals surface area contributed by atoms with E-state index in [0.29, 0.717) is 29.4 Å². The quantitative estimate of drug-likeness (QED) is 0.299. The van der Waals surface area contributed by atoms with Crippen molar-refractivity contribution in [3.8, 4) is 5.75 Å². The molecule has 38 heavy (non-hydrogen) atoms. The van der Waals surface area contributed by atoms with Gasteiger partial charge in [0.2, 0.25) is 0 Å². The molecule has 0 saturated carbocycles. The number of anilines is 2. The Morgan fingerprint density at radius 2 is 1.50 bits per heavy atom. The SMILES string of the molecule is CCCN(CCC)Cc1cc(CN2CCN(C(=O)c3ccc(Nc4ccc(Cl)cc4)cc3)CC2)ccc1O. The lowest BCUT2D eigenvalue weighted by Gasteiger charge is -2.35. The normalized spacial score (nSPS) is 14.2. The summed E-state index contributed by atoms with van der Waals surface area (Å²) in [6.45, 7) is 11.1. The van der Waals surface area contributed by atoms with Gasteiger partial charge in [-0.05, 0) is 92.2 Å². The first-order valence-corrected chi connectivity index (χ1v) is 14.0. The predicted octanol–water partition coefficient (Wildman–Crippen LogP) is 6.37. The smallest absolute Gasteiger partial charge is 0.253 e. The van der Waals surface area contributed by atoms with Gasteiger partial charge in [0, 0.05) is 66.8 Å². The van der Waals surface area contributed by atoms with Gasteiger partial charge in [-0.2, -0.15) is 0 Å². The van der Waals surface area contributed by atoms with Crippen LogP contribution in [0, 0.1) is 0 Å². The third-order valence-corrected chi connectivity index (χ3v) is 7.20. The number of phenolic OH excluding ortho intramolecular Hbond substituents is 1. The van der Waals surface area contributed by atoms with Crippen LogP contribution in [0.3, 0.4) is 0 Å². The minimum absolute atomic E-state index is 0.0709. The summed E-state index contributed by atoms with van der Waals surface area (Å²) in [7, 11) is 0. The molecule has 2 N–H and O–H groups in total. The van der Waals surface area contributed by atoms with Crippen molar-refractivity contribution in [2.75, 3.05) is 44.6 Å². The Labute approximate surface area is 231 Å². The van der Waals surface area contributed by atoms with Crippen LogP contribution in [-0.4, -0.2) is 65.0 Å². The summed E-state index contributed by atoms with van der Waals surface area (Å²) in [4.78, 5) is 19.8. The number of hydrogen-bond donors (Lipinski definition) is 2. The van der Waals surface area contributed by atoms with Crippen molar-refractivity contribution in [2.45, 2.75) is 39.8 Å². The summed E-state index contributed by atoms with van der Waals surface area (Å²) >= 11 is 5.96. The molecule has 7 heteroatoms. The monoisotopic (exact) mass is 534 g/mol. The Balaban J connectivity index is 1.29. The first-order chi connectivity index (χ1) is 18.4. The van der Waals surface area contributed by atoms with Crippen LogP contribution in [0.2, 0.25) is 5.02 Å². The molecule has 0 aliphatic carbocycles. The van der Waals surface area contributed by atoms with Crippen molar-refractivity contribution in [1.82, 2.24) is 14.7 Å². The van der Waals surface area contributed by atoms with E-state index >= 15 is 0 Å². The van der Waals surface area contributed by atoms with E-state index in [2.05, 4.69) is 35.0 Å². The van der Waals surface area contributed by atoms with E-state index in [4.69, 9.17) is 11.6 Å². The molecule has 4 rings (SSSR count). The van der Waals surface area contributed by atoms with E-state index in [1.807, 2.05) is 65.6 Å². The van der Waals surface area contributed by atoms with Gasteiger partial charge in [-0.25, -0.2) is 0 Å². The molecule has 0 unspecified atom stereocenters. The third-order valence-electron chi connectivity index (χ3n) is 6.95. The fraction of sp³-hybridized carbons (Fsp3) is 0.387. The van der Waals surface area contributed by atoms with Crippen molar-refractivity contribution in [3.05, 3.63) is 88.4 Å². The lowest BCUT2D eigenvalue weighted by atomic mass is 10.1. The van der Waals surface area contributed by atoms with Crippen LogP contribution in [0.5, 0.6) is 5.75 Å². The van der Waals surface area contributed by atoms with Gasteiger partial charge in [-0.15, -0.1) is 0 Å². The van der Waals surface area contributed by atoms with Gasteiger partial charge < -0.3 is 15.3 Å². The highest BCUT2D eigenvalue weighted by Gasteiger charge is 2.22. The van der Waals surface area contributed by atoms with Gasteiger partial charge >= 0.3 is 0 Å². The largest absolute Gasteiger partial charge is 0.508 e. The van der Waals surface area contributed by atoms with Crippen LogP contribution in [0.25, 0.3) is 0 Å². The average molecular weight is 535 g/mol. The van der Waals surface area contributed by atoms with Gasteiger partial charge in [0.15, 0.2) is 0 Å². The first kappa shape index (κ1) is 28.0. The molecule has 0 aromatic heterocycles. The maximum Gasteiger partial charge on any atom is 0.253 e. The zero-order valence-electron chi connectivity index (χ0n) is 22.5. The number of halogens is 1. The van der Waals surface area contributed by atoms with Gasteiger partial charge in [-0.1, -0.05) is 31.5 Å². The highest BCUT2D eigenvalue weighted by Crippen LogP contribution is 2.23. The van der Waals surface area contributed by atoms with Gasteiger partial charge in [0.25, 0.3) is 5.91 Å². The van der Waals surface area contributed by atoms with Gasteiger partial charge in [-0.3, -0.25) is 14.6 Å². The van der Waals surface area contributed by atoms with Crippen LogP contribution in [0.4, 0.5) is 11.4 Å². The molecule has 0 bridgehead atoms. The average Bonchev–Trinajstić information content (AvgIpc) is 2.93. The number of nitrogens with one attached hydrogen (secondary N) is 1. The van der Waals surface area contributed by atoms with Gasteiger partial charge in [0.05, 0.1) is 0 Å². The predicted molar refractivity (Wildman–Crippen MR) is 156 cm³/mol. The number of nitrogens with zero attached hydrogens (tertiary/aromatic N) is 3. The maximum absolute atomic E-state index is 13.1. The van der Waals surface area contributed by atoms with Crippen LogP contribution >= 0.6 is 11.6 Å². The number of rotatable bonds is 11. The second kappa shape index (κ2) is 13.7. The van der Waals surface area contributed by atoms with Crippen molar-refractivity contribution in [1.29, 1.82) is 0 Å². The summed E-state index contributed by atoms with van der Waals surface area (Å²) in [6, 6.07) is 21.1. The Hall–Kier alpha value is -3.06. The summed E-state index contributed by atoms with van der Waals surface area (Å²) in [5.41, 5.74) is 4.77. The number of hydrogen-bond acceptors (Lipinski definition) is 5. The first-order valence-electron chi connectivity index (χ1n) is 13.6. The zero-order chi connectivity index (χ0) is 26.9. The van der Waals surface area contributed by atoms with Crippen molar-refractivity contribution >= 4 is 28.9 Å². The number of aromatic hydroxyl groups is 1. The molecule has 1 saturated heterocycles. The minimum atomic E-state index is 0.0709. The summed E-state index contributed by atoms with van der Waals surface area (Å²) in [5.74, 6) is 0.442. The minimum Gasteiger partial charge on any atom is -0.508 e. The van der Waals surface area contributed by atoms with Crippen LogP contribution in [-0.2, 0) is 13.1 Å². The Morgan fingerprint density at radius 3 is 2.11 bits per heavy atom. The second-order valence-corrected chi connectivity index (χ2v) is 10.5. The molecule has 0 radical (unpaired) electrons. The summed E-state index contributed by atoms with van der Waals surface area (Å²) in [5, 5.41) is 14.5. The lowest BCUT2D eigenvalue weighted by molar-refractivity contribution is 0.0628. The zero-order valence-corrected chi connectivity index (χ0v) is 23.3. The van der Waals surface area contributed by atoms with Crippen LogP contribution in [0.15, 0.2) is 66.7 Å². The topological polar surface area (TPSA) is 59.0 Å². The molecule has 1 aliphatic rings. The maximum atomic E-state index is 13.1. The fourth-order valence-electron chi connectivity index (χ4n) is 4.95. The highest BCUT2D eigenvalue weighted by molar-refractivity contribution is 6.30. The molecule has 0 spiro atoms. The standard InChI is InChI=1S/C31H39ClN4O2/c1-3-15-34(16-4-2)23-26-21-24(5-14-30(26)37)22-35-17-19-36(20-18-35)31(38)25-6-10-28(11-7-25)33-29-12-8-27(32)9-13-29/h5-14,21,33,37H,3-4,15-20,22-23H2,1-2H3. The van der Waals surface area contributed by atoms with E-state index in [1.165, 1.54) is 5.56 Å². The van der Waals surface area contributed by atoms with E-state index in [0.717, 1.165) is 69.0 Å². The molecule has 3 aromatic rings. The van der Waals surface area contributed by atoms with Crippen LogP contribution in [0.1, 0.15) is 48.2 Å². The molecule has 1 fully saturated rings. The second-order valence-electron chi connectivity index (χ2n) is 10.0. The number of benzene rings is 3. The number of carbonyl (C=O) groups is 1. The molecule has 6 nitrogen and oxygen atoms in total. The molecule has 1 heterocycles. The number of carbonyl (C=O) groups excluding carboxylic acids is 1. The van der Waals surface area contributed by atoms with Gasteiger partial charge in [0.1, 0.15) is 5.75 Å². The van der Waals surface area contributed by atoms with Crippen molar-refractivity contribution in [2.24, 2.45) is 0 Å². The molecular weight excluding hydrogens is 496 g/mol. The fourth-order valence-corrected chi connectivity index (χ4v) is 5.08. The Morgan fingerprint density at radius 1 is 0.895 bits per heavy atom. The molecular formula is C31H39ClN4O2. The van der Waals surface area contributed by atoms with E-state index in [-0.39, 0.29) is 5.91 Å². The number of phenols is 1. The molecule has 3 aromatic carbocycles. The summed E-state index contributed by atoms with van der Waals surface area (Å²) < 4.78 is 0. The van der Waals surface area contributed by atoms with Crippen LogP contribution < -0.4 is 5.32 Å².